The van der Waals surface area contributed by atoms with Crippen LogP contribution in [0.25, 0.3) is 5.69 Å². The van der Waals surface area contributed by atoms with Crippen molar-refractivity contribution in [2.24, 2.45) is 0 Å². The monoisotopic (exact) mass is 280 g/mol. The number of ether oxygens (including phenoxy) is 1. The van der Waals surface area contributed by atoms with Gasteiger partial charge in [-0.1, -0.05) is 31.5 Å². The van der Waals surface area contributed by atoms with Crippen LogP contribution in [0.2, 0.25) is 5.02 Å². The standard InChI is InChI=1S/C14H17ClN2O2/c1-9(2)13-12(8-18)14(19-3)17(16-13)11-6-4-5-10(15)7-11/h4-7,9,18H,8H2,1-3H3. The van der Waals surface area contributed by atoms with Crippen molar-refractivity contribution in [1.29, 1.82) is 0 Å². The van der Waals surface area contributed by atoms with Gasteiger partial charge >= 0.3 is 0 Å². The van der Waals surface area contributed by atoms with Crippen LogP contribution in [0.3, 0.4) is 0 Å². The van der Waals surface area contributed by atoms with Crippen LogP contribution in [0.5, 0.6) is 5.88 Å². The number of benzene rings is 1. The van der Waals surface area contributed by atoms with Gasteiger partial charge in [0.05, 0.1) is 30.7 Å². The maximum atomic E-state index is 9.53. The molecule has 0 aliphatic carbocycles. The summed E-state index contributed by atoms with van der Waals surface area (Å²) in [6.45, 7) is 3.96. The molecule has 19 heavy (non-hydrogen) atoms. The molecule has 1 N–H and O–H groups in total. The number of nitrogens with zero attached hydrogens (tertiary/aromatic N) is 2. The lowest BCUT2D eigenvalue weighted by atomic mass is 10.1. The molecule has 0 radical (unpaired) electrons. The molecule has 0 aliphatic heterocycles. The van der Waals surface area contributed by atoms with Crippen LogP contribution >= 0.6 is 11.6 Å². The van der Waals surface area contributed by atoms with E-state index in [2.05, 4.69) is 5.10 Å². The van der Waals surface area contributed by atoms with Gasteiger partial charge in [0.25, 0.3) is 0 Å². The highest BCUT2D eigenvalue weighted by Gasteiger charge is 2.21. The smallest absolute Gasteiger partial charge is 0.222 e. The van der Waals surface area contributed by atoms with Crippen molar-refractivity contribution in [3.05, 3.63) is 40.5 Å². The number of methoxy groups -OCH3 is 1. The molecule has 2 rings (SSSR count). The lowest BCUT2D eigenvalue weighted by Crippen LogP contribution is -2.00. The zero-order valence-corrected chi connectivity index (χ0v) is 12.0. The quantitative estimate of drug-likeness (QED) is 0.936. The number of aliphatic hydroxyl groups is 1. The molecule has 0 unspecified atom stereocenters. The van der Waals surface area contributed by atoms with E-state index in [1.54, 1.807) is 17.9 Å². The van der Waals surface area contributed by atoms with E-state index in [4.69, 9.17) is 16.3 Å². The minimum atomic E-state index is -0.0999. The predicted octanol–water partition coefficient (Wildman–Crippen LogP) is 3.15. The van der Waals surface area contributed by atoms with Crippen molar-refractivity contribution in [3.63, 3.8) is 0 Å². The van der Waals surface area contributed by atoms with Gasteiger partial charge in [-0.05, 0) is 24.1 Å². The fraction of sp³-hybridized carbons (Fsp3) is 0.357. The van der Waals surface area contributed by atoms with Crippen molar-refractivity contribution >= 4 is 11.6 Å². The van der Waals surface area contributed by atoms with Crippen LogP contribution in [0, 0.1) is 0 Å². The second-order valence-corrected chi connectivity index (χ2v) is 5.01. The summed E-state index contributed by atoms with van der Waals surface area (Å²) in [5.74, 6) is 0.755. The molecule has 0 saturated carbocycles. The Bertz CT molecular complexity index is 579. The summed E-state index contributed by atoms with van der Waals surface area (Å²) in [7, 11) is 1.57. The predicted molar refractivity (Wildman–Crippen MR) is 75.1 cm³/mol. The SMILES string of the molecule is COc1c(CO)c(C(C)C)nn1-c1cccc(Cl)c1. The number of aromatic nitrogens is 2. The Morgan fingerprint density at radius 3 is 2.68 bits per heavy atom. The van der Waals surface area contributed by atoms with Crippen LogP contribution in [0.1, 0.15) is 31.0 Å². The minimum Gasteiger partial charge on any atom is -0.481 e. The van der Waals surface area contributed by atoms with Gasteiger partial charge in [-0.2, -0.15) is 5.10 Å². The molecule has 2 aromatic rings. The first-order valence-electron chi connectivity index (χ1n) is 6.11. The van der Waals surface area contributed by atoms with E-state index < -0.39 is 0 Å². The molecule has 1 aromatic heterocycles. The van der Waals surface area contributed by atoms with Gasteiger partial charge in [-0.3, -0.25) is 0 Å². The van der Waals surface area contributed by atoms with E-state index >= 15 is 0 Å². The van der Waals surface area contributed by atoms with Crippen LogP contribution < -0.4 is 4.74 Å². The lowest BCUT2D eigenvalue weighted by Gasteiger charge is -2.07. The molecule has 1 heterocycles. The first-order chi connectivity index (χ1) is 9.08. The molecule has 0 amide bonds. The topological polar surface area (TPSA) is 47.3 Å². The van der Waals surface area contributed by atoms with E-state index in [-0.39, 0.29) is 12.5 Å². The summed E-state index contributed by atoms with van der Waals surface area (Å²) >= 11 is 6.00. The second kappa shape index (κ2) is 5.63. The largest absolute Gasteiger partial charge is 0.481 e. The zero-order chi connectivity index (χ0) is 14.0. The number of aliphatic hydroxyl groups excluding tert-OH is 1. The highest BCUT2D eigenvalue weighted by Crippen LogP contribution is 2.30. The Morgan fingerprint density at radius 1 is 1.42 bits per heavy atom. The molecule has 5 heteroatoms. The third-order valence-corrected chi connectivity index (χ3v) is 3.15. The van der Waals surface area contributed by atoms with Gasteiger partial charge in [0.2, 0.25) is 5.88 Å². The first kappa shape index (κ1) is 13.9. The molecule has 102 valence electrons. The molecule has 0 saturated heterocycles. The van der Waals surface area contributed by atoms with Crippen LogP contribution in [0.15, 0.2) is 24.3 Å². The Hall–Kier alpha value is -1.52. The summed E-state index contributed by atoms with van der Waals surface area (Å²) < 4.78 is 7.06. The molecule has 0 aliphatic rings. The van der Waals surface area contributed by atoms with Gasteiger partial charge in [0.15, 0.2) is 0 Å². The van der Waals surface area contributed by atoms with Crippen molar-refractivity contribution in [2.45, 2.75) is 26.4 Å². The fourth-order valence-corrected chi connectivity index (χ4v) is 2.24. The lowest BCUT2D eigenvalue weighted by molar-refractivity contribution is 0.270. The number of hydrogen-bond donors (Lipinski definition) is 1. The van der Waals surface area contributed by atoms with Crippen LogP contribution in [-0.2, 0) is 6.61 Å². The van der Waals surface area contributed by atoms with Gasteiger partial charge in [0, 0.05) is 5.02 Å². The van der Waals surface area contributed by atoms with Crippen LogP contribution in [-0.4, -0.2) is 22.0 Å². The summed E-state index contributed by atoms with van der Waals surface area (Å²) in [4.78, 5) is 0. The summed E-state index contributed by atoms with van der Waals surface area (Å²) in [6, 6.07) is 7.36. The Labute approximate surface area is 117 Å². The van der Waals surface area contributed by atoms with Gasteiger partial charge < -0.3 is 9.84 Å². The highest BCUT2D eigenvalue weighted by molar-refractivity contribution is 6.30. The first-order valence-corrected chi connectivity index (χ1v) is 6.48. The van der Waals surface area contributed by atoms with Crippen molar-refractivity contribution in [2.75, 3.05) is 7.11 Å². The van der Waals surface area contributed by atoms with E-state index in [0.29, 0.717) is 10.9 Å². The Balaban J connectivity index is 2.63. The van der Waals surface area contributed by atoms with E-state index in [9.17, 15) is 5.11 Å². The molecule has 0 spiro atoms. The molecule has 0 fully saturated rings. The molecule has 4 nitrogen and oxygen atoms in total. The third-order valence-electron chi connectivity index (χ3n) is 2.92. The highest BCUT2D eigenvalue weighted by atomic mass is 35.5. The molecular weight excluding hydrogens is 264 g/mol. The average Bonchev–Trinajstić information content (AvgIpc) is 2.77. The van der Waals surface area contributed by atoms with E-state index in [1.165, 1.54) is 0 Å². The summed E-state index contributed by atoms with van der Waals surface area (Å²) in [5, 5.41) is 14.7. The third kappa shape index (κ3) is 2.60. The zero-order valence-electron chi connectivity index (χ0n) is 11.2. The maximum Gasteiger partial charge on any atom is 0.222 e. The van der Waals surface area contributed by atoms with Crippen molar-refractivity contribution in [1.82, 2.24) is 9.78 Å². The molecule has 0 bridgehead atoms. The Morgan fingerprint density at radius 2 is 2.16 bits per heavy atom. The minimum absolute atomic E-state index is 0.0999. The number of rotatable bonds is 4. The molecule has 1 aromatic carbocycles. The fourth-order valence-electron chi connectivity index (χ4n) is 2.06. The van der Waals surface area contributed by atoms with Crippen LogP contribution in [0.4, 0.5) is 0 Å². The average molecular weight is 281 g/mol. The van der Waals surface area contributed by atoms with Gasteiger partial charge in [0.1, 0.15) is 0 Å². The Kier molecular flexibility index (Phi) is 4.12. The number of hydrogen-bond acceptors (Lipinski definition) is 3. The molecular formula is C14H17ClN2O2. The van der Waals surface area contributed by atoms with E-state index in [1.807, 2.05) is 32.0 Å². The van der Waals surface area contributed by atoms with Crippen molar-refractivity contribution in [3.8, 4) is 11.6 Å². The molecule has 0 atom stereocenters. The summed E-state index contributed by atoms with van der Waals surface area (Å²) in [5.41, 5.74) is 2.36. The summed E-state index contributed by atoms with van der Waals surface area (Å²) in [6.07, 6.45) is 0. The maximum absolute atomic E-state index is 9.53. The van der Waals surface area contributed by atoms with Gasteiger partial charge in [-0.25, -0.2) is 4.68 Å². The number of halogens is 1. The van der Waals surface area contributed by atoms with Gasteiger partial charge in [-0.15, -0.1) is 0 Å². The normalized spacial score (nSPS) is 11.1. The van der Waals surface area contributed by atoms with E-state index in [0.717, 1.165) is 16.9 Å². The van der Waals surface area contributed by atoms with Crippen molar-refractivity contribution < 1.29 is 9.84 Å². The second-order valence-electron chi connectivity index (χ2n) is 4.58.